The summed E-state index contributed by atoms with van der Waals surface area (Å²) in [5.74, 6) is 0.565. The van der Waals surface area contributed by atoms with Crippen molar-refractivity contribution in [3.63, 3.8) is 0 Å². The quantitative estimate of drug-likeness (QED) is 0.904. The Hall–Kier alpha value is -0.150. The van der Waals surface area contributed by atoms with Crippen LogP contribution in [0.25, 0.3) is 0 Å². The van der Waals surface area contributed by atoms with Crippen LogP contribution >= 0.6 is 23.2 Å². The Balaban J connectivity index is 0.00000289. The van der Waals surface area contributed by atoms with E-state index in [1.807, 2.05) is 19.1 Å². The molecule has 0 atom stereocenters. The van der Waals surface area contributed by atoms with Crippen molar-refractivity contribution in [2.24, 2.45) is 0 Å². The second kappa shape index (κ2) is 7.44. The van der Waals surface area contributed by atoms with Gasteiger partial charge in [0.05, 0.1) is 16.7 Å². The second-order valence-electron chi connectivity index (χ2n) is 4.93. The topological polar surface area (TPSA) is 21.3 Å². The molecule has 18 heavy (non-hydrogen) atoms. The largest absolute Gasteiger partial charge is 1.00 e. The van der Waals surface area contributed by atoms with Crippen LogP contribution in [0.4, 0.5) is 0 Å². The van der Waals surface area contributed by atoms with E-state index in [2.05, 4.69) is 26.1 Å². The molecule has 0 bridgehead atoms. The van der Waals surface area contributed by atoms with E-state index >= 15 is 0 Å². The third kappa shape index (κ3) is 5.66. The van der Waals surface area contributed by atoms with Crippen LogP contribution in [0.1, 0.15) is 33.3 Å². The smallest absolute Gasteiger partial charge is 0.156 e. The van der Waals surface area contributed by atoms with Gasteiger partial charge < -0.3 is 22.5 Å². The lowest BCUT2D eigenvalue weighted by atomic mass is 10.1. The van der Waals surface area contributed by atoms with Crippen LogP contribution in [-0.2, 0) is 6.54 Å². The highest BCUT2D eigenvalue weighted by molar-refractivity contribution is 6.37. The first kappa shape index (κ1) is 17.8. The van der Waals surface area contributed by atoms with Gasteiger partial charge in [-0.2, -0.15) is 0 Å². The van der Waals surface area contributed by atoms with Gasteiger partial charge in [0.2, 0.25) is 0 Å². The van der Waals surface area contributed by atoms with E-state index in [9.17, 15) is 0 Å². The number of ether oxygens (including phenoxy) is 1. The summed E-state index contributed by atoms with van der Waals surface area (Å²) in [5.41, 5.74) is 1.12. The maximum absolute atomic E-state index is 6.13. The number of hydrogen-bond donors (Lipinski definition) is 1. The van der Waals surface area contributed by atoms with Gasteiger partial charge in [-0.1, -0.05) is 23.2 Å². The molecule has 0 fully saturated rings. The Morgan fingerprint density at radius 2 is 1.67 bits per heavy atom. The van der Waals surface area contributed by atoms with Gasteiger partial charge in [0.1, 0.15) is 0 Å². The molecule has 0 aliphatic heterocycles. The summed E-state index contributed by atoms with van der Waals surface area (Å²) >= 11 is 12.3. The molecule has 1 rings (SSSR count). The highest BCUT2D eigenvalue weighted by Crippen LogP contribution is 2.34. The van der Waals surface area contributed by atoms with Crippen molar-refractivity contribution < 1.29 is 17.1 Å². The first-order valence-corrected chi connectivity index (χ1v) is 6.45. The summed E-state index contributed by atoms with van der Waals surface area (Å²) in [6, 6.07) is 3.77. The molecular weight excluding hydrogens is 293 g/mol. The lowest BCUT2D eigenvalue weighted by Gasteiger charge is -2.21. The highest BCUT2D eigenvalue weighted by atomic mass is 35.5. The van der Waals surface area contributed by atoms with Crippen LogP contribution in [-0.4, -0.2) is 12.1 Å². The first-order valence-electron chi connectivity index (χ1n) is 5.69. The SMILES string of the molecule is CCOc1c(Cl)cc(CNC(C)(C)C)cc1Cl.[Cl-]. The fourth-order valence-corrected chi connectivity index (χ4v) is 2.01. The standard InChI is InChI=1S/C13H19Cl2NO.ClH/c1-5-17-12-10(14)6-9(7-11(12)15)8-16-13(2,3)4;/h6-7,16H,5,8H2,1-4H3;1H/p-1. The number of nitrogens with one attached hydrogen (secondary N) is 1. The fourth-order valence-electron chi connectivity index (χ4n) is 1.36. The minimum absolute atomic E-state index is 0. The van der Waals surface area contributed by atoms with Crippen molar-refractivity contribution in [2.45, 2.75) is 39.8 Å². The lowest BCUT2D eigenvalue weighted by molar-refractivity contribution is -0.00000464. The normalized spacial score (nSPS) is 11.0. The summed E-state index contributed by atoms with van der Waals surface area (Å²) in [6.45, 7) is 9.54. The third-order valence-corrected chi connectivity index (χ3v) is 2.73. The predicted octanol–water partition coefficient (Wildman–Crippen LogP) is 1.28. The van der Waals surface area contributed by atoms with Gasteiger partial charge in [0.25, 0.3) is 0 Å². The van der Waals surface area contributed by atoms with E-state index < -0.39 is 0 Å². The van der Waals surface area contributed by atoms with Crippen LogP contribution in [0.2, 0.25) is 10.0 Å². The van der Waals surface area contributed by atoms with Crippen LogP contribution in [0.15, 0.2) is 12.1 Å². The van der Waals surface area contributed by atoms with Gasteiger partial charge in [-0.3, -0.25) is 0 Å². The van der Waals surface area contributed by atoms with Crippen molar-refractivity contribution in [1.82, 2.24) is 5.32 Å². The molecule has 0 aliphatic carbocycles. The van der Waals surface area contributed by atoms with E-state index in [-0.39, 0.29) is 17.9 Å². The minimum Gasteiger partial charge on any atom is -1.00 e. The van der Waals surface area contributed by atoms with E-state index in [1.165, 1.54) is 0 Å². The molecule has 0 aromatic heterocycles. The molecule has 5 heteroatoms. The molecule has 0 unspecified atom stereocenters. The summed E-state index contributed by atoms with van der Waals surface area (Å²) in [4.78, 5) is 0. The van der Waals surface area contributed by atoms with Gasteiger partial charge in [0, 0.05) is 12.1 Å². The minimum atomic E-state index is 0. The zero-order chi connectivity index (χ0) is 13.1. The maximum atomic E-state index is 6.13. The molecule has 0 saturated carbocycles. The van der Waals surface area contributed by atoms with E-state index in [1.54, 1.807) is 0 Å². The summed E-state index contributed by atoms with van der Waals surface area (Å²) in [6.07, 6.45) is 0. The van der Waals surface area contributed by atoms with Crippen molar-refractivity contribution in [2.75, 3.05) is 6.61 Å². The van der Waals surface area contributed by atoms with Crippen molar-refractivity contribution in [3.8, 4) is 5.75 Å². The Morgan fingerprint density at radius 3 is 2.06 bits per heavy atom. The van der Waals surface area contributed by atoms with E-state index in [4.69, 9.17) is 27.9 Å². The van der Waals surface area contributed by atoms with Gasteiger partial charge >= 0.3 is 0 Å². The second-order valence-corrected chi connectivity index (χ2v) is 5.74. The van der Waals surface area contributed by atoms with Crippen LogP contribution in [0.5, 0.6) is 5.75 Å². The van der Waals surface area contributed by atoms with Gasteiger partial charge in [-0.15, -0.1) is 0 Å². The number of halogens is 3. The Labute approximate surface area is 125 Å². The molecule has 0 aliphatic rings. The molecule has 0 spiro atoms. The summed E-state index contributed by atoms with van der Waals surface area (Å²) < 4.78 is 5.38. The van der Waals surface area contributed by atoms with E-state index in [0.29, 0.717) is 22.4 Å². The molecule has 1 aromatic rings. The molecule has 0 saturated heterocycles. The molecule has 1 aromatic carbocycles. The fraction of sp³-hybridized carbons (Fsp3) is 0.538. The molecule has 2 nitrogen and oxygen atoms in total. The summed E-state index contributed by atoms with van der Waals surface area (Å²) in [5, 5.41) is 4.51. The Morgan fingerprint density at radius 1 is 1.17 bits per heavy atom. The highest BCUT2D eigenvalue weighted by Gasteiger charge is 2.12. The molecule has 104 valence electrons. The number of benzene rings is 1. The van der Waals surface area contributed by atoms with Gasteiger partial charge in [0.15, 0.2) is 5.75 Å². The van der Waals surface area contributed by atoms with Gasteiger partial charge in [-0.25, -0.2) is 0 Å². The number of hydrogen-bond acceptors (Lipinski definition) is 2. The Bertz CT molecular complexity index is 365. The average Bonchev–Trinajstić information content (AvgIpc) is 2.19. The molecule has 0 amide bonds. The van der Waals surface area contributed by atoms with E-state index in [0.717, 1.165) is 12.1 Å². The maximum Gasteiger partial charge on any atom is 0.156 e. The van der Waals surface area contributed by atoms with Crippen molar-refractivity contribution >= 4 is 23.2 Å². The van der Waals surface area contributed by atoms with Crippen LogP contribution in [0, 0.1) is 0 Å². The zero-order valence-electron chi connectivity index (χ0n) is 11.1. The molecule has 0 radical (unpaired) electrons. The van der Waals surface area contributed by atoms with Gasteiger partial charge in [-0.05, 0) is 45.4 Å². The van der Waals surface area contributed by atoms with Crippen molar-refractivity contribution in [3.05, 3.63) is 27.7 Å². The predicted molar refractivity (Wildman–Crippen MR) is 74.2 cm³/mol. The third-order valence-electron chi connectivity index (χ3n) is 2.17. The molecule has 0 heterocycles. The van der Waals surface area contributed by atoms with Crippen LogP contribution < -0.4 is 22.5 Å². The molecule has 1 N–H and O–H groups in total. The van der Waals surface area contributed by atoms with Crippen molar-refractivity contribution in [1.29, 1.82) is 0 Å². The first-order chi connectivity index (χ1) is 7.83. The lowest BCUT2D eigenvalue weighted by Crippen LogP contribution is -3.00. The molecular formula is C13H19Cl3NO-. The zero-order valence-corrected chi connectivity index (χ0v) is 13.4. The monoisotopic (exact) mass is 310 g/mol. The Kier molecular flexibility index (Phi) is 7.38. The summed E-state index contributed by atoms with van der Waals surface area (Å²) in [7, 11) is 0. The number of rotatable bonds is 4. The van der Waals surface area contributed by atoms with Crippen LogP contribution in [0.3, 0.4) is 0 Å². The average molecular weight is 312 g/mol.